The summed E-state index contributed by atoms with van der Waals surface area (Å²) in [6.45, 7) is 4.85. The molecule has 0 bridgehead atoms. The molecule has 7 heteroatoms. The minimum atomic E-state index is -3.52. The number of para-hydroxylation sites is 2. The van der Waals surface area contributed by atoms with E-state index in [4.69, 9.17) is 4.74 Å². The molecule has 0 aliphatic rings. The highest BCUT2D eigenvalue weighted by molar-refractivity contribution is 7.92. The Kier molecular flexibility index (Phi) is 6.63. The molecule has 2 rings (SSSR count). The van der Waals surface area contributed by atoms with E-state index in [9.17, 15) is 13.2 Å². The molecular weight excluding hydrogens is 352 g/mol. The third-order valence-electron chi connectivity index (χ3n) is 3.71. The molecule has 0 heterocycles. The van der Waals surface area contributed by atoms with E-state index < -0.39 is 10.0 Å². The molecule has 0 aliphatic carbocycles. The van der Waals surface area contributed by atoms with Crippen LogP contribution in [-0.2, 0) is 16.6 Å². The van der Waals surface area contributed by atoms with Gasteiger partial charge in [-0.2, -0.15) is 0 Å². The Bertz CT molecular complexity index is 848. The van der Waals surface area contributed by atoms with Crippen molar-refractivity contribution in [3.63, 3.8) is 0 Å². The molecule has 0 saturated carbocycles. The van der Waals surface area contributed by atoms with Gasteiger partial charge in [-0.05, 0) is 43.7 Å². The first-order chi connectivity index (χ1) is 12.4. The fourth-order valence-electron chi connectivity index (χ4n) is 2.51. The van der Waals surface area contributed by atoms with E-state index in [-0.39, 0.29) is 12.5 Å². The second-order valence-electron chi connectivity index (χ2n) is 5.73. The zero-order valence-corrected chi connectivity index (χ0v) is 16.0. The van der Waals surface area contributed by atoms with Gasteiger partial charge in [-0.15, -0.1) is 0 Å². The van der Waals surface area contributed by atoms with E-state index in [1.807, 2.05) is 13.8 Å². The van der Waals surface area contributed by atoms with E-state index in [1.165, 1.54) is 10.6 Å². The summed E-state index contributed by atoms with van der Waals surface area (Å²) < 4.78 is 31.6. The lowest BCUT2D eigenvalue weighted by molar-refractivity contribution is 0.0956. The Morgan fingerprint density at radius 1 is 1.08 bits per heavy atom. The number of ether oxygens (including phenoxy) is 1. The number of benzene rings is 2. The third kappa shape index (κ3) is 4.98. The Morgan fingerprint density at radius 2 is 1.73 bits per heavy atom. The number of anilines is 1. The molecule has 0 unspecified atom stereocenters. The van der Waals surface area contributed by atoms with Crippen molar-refractivity contribution in [1.82, 2.24) is 5.32 Å². The number of nitrogens with one attached hydrogen (secondary N) is 1. The Balaban J connectivity index is 2.32. The van der Waals surface area contributed by atoms with E-state index in [2.05, 4.69) is 5.32 Å². The van der Waals surface area contributed by atoms with Gasteiger partial charge in [0.2, 0.25) is 10.0 Å². The van der Waals surface area contributed by atoms with Crippen LogP contribution in [0.3, 0.4) is 0 Å². The van der Waals surface area contributed by atoms with Crippen LogP contribution in [0.15, 0.2) is 48.5 Å². The van der Waals surface area contributed by atoms with Gasteiger partial charge in [0.25, 0.3) is 5.91 Å². The van der Waals surface area contributed by atoms with Crippen molar-refractivity contribution in [2.45, 2.75) is 20.4 Å². The van der Waals surface area contributed by atoms with Crippen LogP contribution in [0.25, 0.3) is 0 Å². The number of hydrogen-bond donors (Lipinski definition) is 1. The van der Waals surface area contributed by atoms with Crippen LogP contribution < -0.4 is 14.4 Å². The molecule has 0 aliphatic heterocycles. The smallest absolute Gasteiger partial charge is 0.251 e. The lowest BCUT2D eigenvalue weighted by Crippen LogP contribution is -2.29. The van der Waals surface area contributed by atoms with E-state index in [1.54, 1.807) is 48.5 Å². The summed E-state index contributed by atoms with van der Waals surface area (Å²) in [6, 6.07) is 13.9. The van der Waals surface area contributed by atoms with Gasteiger partial charge in [-0.25, -0.2) is 8.42 Å². The minimum absolute atomic E-state index is 0.151. The number of nitrogens with zero attached hydrogens (tertiary/aromatic N) is 1. The lowest BCUT2D eigenvalue weighted by atomic mass is 10.1. The van der Waals surface area contributed by atoms with Crippen molar-refractivity contribution in [2.75, 3.05) is 23.7 Å². The van der Waals surface area contributed by atoms with Gasteiger partial charge in [-0.3, -0.25) is 9.10 Å². The lowest BCUT2D eigenvalue weighted by Gasteiger charge is -2.24. The SMILES string of the molecule is CCNC(=O)c1ccc(CN(c2ccccc2OCC)S(C)(=O)=O)cc1. The maximum absolute atomic E-state index is 12.4. The van der Waals surface area contributed by atoms with Gasteiger partial charge in [-0.1, -0.05) is 24.3 Å². The van der Waals surface area contributed by atoms with E-state index in [0.29, 0.717) is 30.2 Å². The molecule has 0 fully saturated rings. The van der Waals surface area contributed by atoms with Crippen LogP contribution in [0, 0.1) is 0 Å². The van der Waals surface area contributed by atoms with Crippen molar-refractivity contribution in [3.8, 4) is 5.75 Å². The highest BCUT2D eigenvalue weighted by Gasteiger charge is 2.21. The average molecular weight is 376 g/mol. The van der Waals surface area contributed by atoms with Crippen LogP contribution in [0.1, 0.15) is 29.8 Å². The standard InChI is InChI=1S/C19H24N2O4S/c1-4-20-19(22)16-12-10-15(11-13-16)14-21(26(3,23)24)17-8-6-7-9-18(17)25-5-2/h6-13H,4-5,14H2,1-3H3,(H,20,22). The third-order valence-corrected chi connectivity index (χ3v) is 4.84. The molecule has 1 amide bonds. The highest BCUT2D eigenvalue weighted by Crippen LogP contribution is 2.31. The molecule has 0 saturated heterocycles. The van der Waals surface area contributed by atoms with E-state index in [0.717, 1.165) is 5.56 Å². The predicted octanol–water partition coefficient (Wildman–Crippen LogP) is 2.80. The summed E-state index contributed by atoms with van der Waals surface area (Å²) in [4.78, 5) is 11.8. The molecule has 140 valence electrons. The van der Waals surface area contributed by atoms with Crippen molar-refractivity contribution in [1.29, 1.82) is 0 Å². The van der Waals surface area contributed by atoms with Gasteiger partial charge in [0.05, 0.1) is 25.1 Å². The summed E-state index contributed by atoms with van der Waals surface area (Å²) in [5.74, 6) is 0.361. The Labute approximate surface area is 154 Å². The maximum Gasteiger partial charge on any atom is 0.251 e. The fourth-order valence-corrected chi connectivity index (χ4v) is 3.40. The first-order valence-corrected chi connectivity index (χ1v) is 10.3. The number of carbonyl (C=O) groups excluding carboxylic acids is 1. The summed E-state index contributed by atoms with van der Waals surface area (Å²) in [6.07, 6.45) is 1.17. The second kappa shape index (κ2) is 8.71. The molecular formula is C19H24N2O4S. The second-order valence-corrected chi connectivity index (χ2v) is 7.63. The average Bonchev–Trinajstić information content (AvgIpc) is 2.60. The van der Waals surface area contributed by atoms with Crippen molar-refractivity contribution < 1.29 is 17.9 Å². The topological polar surface area (TPSA) is 75.7 Å². The Morgan fingerprint density at radius 3 is 2.31 bits per heavy atom. The first-order valence-electron chi connectivity index (χ1n) is 8.43. The number of hydrogen-bond acceptors (Lipinski definition) is 4. The molecule has 0 spiro atoms. The monoisotopic (exact) mass is 376 g/mol. The summed E-state index contributed by atoms with van der Waals surface area (Å²) in [7, 11) is -3.52. The van der Waals surface area contributed by atoms with Gasteiger partial charge in [0.1, 0.15) is 5.75 Å². The molecule has 26 heavy (non-hydrogen) atoms. The highest BCUT2D eigenvalue weighted by atomic mass is 32.2. The van der Waals surface area contributed by atoms with Gasteiger partial charge in [0, 0.05) is 12.1 Å². The number of amides is 1. The summed E-state index contributed by atoms with van der Waals surface area (Å²) in [5.41, 5.74) is 1.80. The predicted molar refractivity (Wildman–Crippen MR) is 103 cm³/mol. The quantitative estimate of drug-likeness (QED) is 0.769. The van der Waals surface area contributed by atoms with Crippen molar-refractivity contribution >= 4 is 21.6 Å². The van der Waals surface area contributed by atoms with Crippen molar-refractivity contribution in [3.05, 3.63) is 59.7 Å². The molecule has 2 aromatic rings. The fraction of sp³-hybridized carbons (Fsp3) is 0.316. The van der Waals surface area contributed by atoms with Crippen LogP contribution in [0.2, 0.25) is 0 Å². The molecule has 1 N–H and O–H groups in total. The molecule has 6 nitrogen and oxygen atoms in total. The number of sulfonamides is 1. The van der Waals surface area contributed by atoms with Crippen LogP contribution in [-0.4, -0.2) is 33.7 Å². The van der Waals surface area contributed by atoms with E-state index >= 15 is 0 Å². The van der Waals surface area contributed by atoms with Gasteiger partial charge < -0.3 is 10.1 Å². The molecule has 0 aromatic heterocycles. The molecule has 0 atom stereocenters. The van der Waals surface area contributed by atoms with Gasteiger partial charge in [0.15, 0.2) is 0 Å². The number of rotatable bonds is 8. The van der Waals surface area contributed by atoms with Crippen LogP contribution in [0.4, 0.5) is 5.69 Å². The maximum atomic E-state index is 12.4. The largest absolute Gasteiger partial charge is 0.492 e. The van der Waals surface area contributed by atoms with Crippen molar-refractivity contribution in [2.24, 2.45) is 0 Å². The molecule has 2 aromatic carbocycles. The van der Waals surface area contributed by atoms with Gasteiger partial charge >= 0.3 is 0 Å². The number of carbonyl (C=O) groups is 1. The normalized spacial score (nSPS) is 11.0. The summed E-state index contributed by atoms with van der Waals surface area (Å²) >= 11 is 0. The minimum Gasteiger partial charge on any atom is -0.492 e. The zero-order chi connectivity index (χ0) is 19.2. The zero-order valence-electron chi connectivity index (χ0n) is 15.2. The molecule has 0 radical (unpaired) electrons. The van der Waals surface area contributed by atoms with Crippen LogP contribution in [0.5, 0.6) is 5.75 Å². The summed E-state index contributed by atoms with van der Waals surface area (Å²) in [5, 5.41) is 2.73. The Hall–Kier alpha value is -2.54. The van der Waals surface area contributed by atoms with Crippen LogP contribution >= 0.6 is 0 Å². The first kappa shape index (κ1) is 19.8.